The predicted octanol–water partition coefficient (Wildman–Crippen LogP) is 7.92. The lowest BCUT2D eigenvalue weighted by Gasteiger charge is -2.18. The second-order valence-electron chi connectivity index (χ2n) is 11.9. The molecule has 45 heavy (non-hydrogen) atoms. The summed E-state index contributed by atoms with van der Waals surface area (Å²) >= 11 is 6.85. The first kappa shape index (κ1) is 34.7. The smallest absolute Gasteiger partial charge is 0.256 e. The van der Waals surface area contributed by atoms with Crippen molar-refractivity contribution in [1.82, 2.24) is 15.2 Å². The van der Waals surface area contributed by atoms with Crippen LogP contribution in [-0.2, 0) is 16.0 Å². The highest BCUT2D eigenvalue weighted by molar-refractivity contribution is 9.10. The van der Waals surface area contributed by atoms with Crippen LogP contribution in [0.15, 0.2) is 45.3 Å². The van der Waals surface area contributed by atoms with E-state index in [1.165, 1.54) is 0 Å². The Morgan fingerprint density at radius 2 is 1.62 bits per heavy atom. The number of hydrogen-bond acceptors (Lipinski definition) is 4. The van der Waals surface area contributed by atoms with Gasteiger partial charge in [-0.1, -0.05) is 73.4 Å². The summed E-state index contributed by atoms with van der Waals surface area (Å²) < 4.78 is 1.93. The lowest BCUT2D eigenvalue weighted by Crippen LogP contribution is -2.30. The number of hydrogen-bond donors (Lipinski definition) is 4. The predicted molar refractivity (Wildman–Crippen MR) is 191 cm³/mol. The van der Waals surface area contributed by atoms with Gasteiger partial charge in [-0.05, 0) is 91.5 Å². The summed E-state index contributed by atoms with van der Waals surface area (Å²) in [4.78, 5) is 42.9. The fourth-order valence-electron chi connectivity index (χ4n) is 5.72. The van der Waals surface area contributed by atoms with E-state index in [0.29, 0.717) is 24.1 Å². The van der Waals surface area contributed by atoms with Crippen LogP contribution < -0.4 is 16.0 Å². The number of rotatable bonds is 10. The highest BCUT2D eigenvalue weighted by Crippen LogP contribution is 2.38. The zero-order valence-electron chi connectivity index (χ0n) is 26.9. The maximum atomic E-state index is 13.4. The van der Waals surface area contributed by atoms with Gasteiger partial charge in [-0.15, -0.1) is 0 Å². The van der Waals surface area contributed by atoms with Crippen molar-refractivity contribution in [2.75, 3.05) is 36.8 Å². The van der Waals surface area contributed by atoms with E-state index in [-0.39, 0.29) is 29.6 Å². The van der Waals surface area contributed by atoms with E-state index in [4.69, 9.17) is 0 Å². The Kier molecular flexibility index (Phi) is 11.8. The molecule has 3 heterocycles. The van der Waals surface area contributed by atoms with Crippen LogP contribution in [0.2, 0.25) is 0 Å². The number of carbonyl (C=O) groups is 3. The number of anilines is 2. The van der Waals surface area contributed by atoms with Crippen molar-refractivity contribution >= 4 is 72.6 Å². The molecule has 2 aliphatic heterocycles. The van der Waals surface area contributed by atoms with Crippen LogP contribution in [0.5, 0.6) is 0 Å². The molecule has 10 heteroatoms. The molecule has 5 rings (SSSR count). The quantitative estimate of drug-likeness (QED) is 0.125. The Bertz CT molecular complexity index is 1600. The van der Waals surface area contributed by atoms with Crippen LogP contribution in [0, 0.1) is 0 Å². The molecule has 0 unspecified atom stereocenters. The average Bonchev–Trinajstić information content (AvgIpc) is 3.65. The summed E-state index contributed by atoms with van der Waals surface area (Å²) in [6.45, 7) is 16.3. The molecule has 0 spiro atoms. The Labute approximate surface area is 283 Å². The second kappa shape index (κ2) is 15.4. The zero-order chi connectivity index (χ0) is 32.8. The molecule has 0 radical (unpaired) electrons. The Hall–Kier alpha value is -3.21. The summed E-state index contributed by atoms with van der Waals surface area (Å²) in [6, 6.07) is 11.6. The fourth-order valence-corrected chi connectivity index (χ4v) is 6.49. The summed E-state index contributed by atoms with van der Waals surface area (Å²) in [5.74, 6) is 0.147. The van der Waals surface area contributed by atoms with Crippen LogP contribution in [0.1, 0.15) is 98.2 Å². The van der Waals surface area contributed by atoms with E-state index in [1.807, 2.05) is 42.5 Å². The first-order valence-corrected chi connectivity index (χ1v) is 17.2. The molecule has 1 aromatic heterocycles. The van der Waals surface area contributed by atoms with Gasteiger partial charge in [0.25, 0.3) is 11.8 Å². The summed E-state index contributed by atoms with van der Waals surface area (Å²) in [5.41, 5.74) is 7.67. The number of amides is 3. The van der Waals surface area contributed by atoms with E-state index in [9.17, 15) is 14.4 Å². The Morgan fingerprint density at radius 3 is 2.27 bits per heavy atom. The van der Waals surface area contributed by atoms with Crippen molar-refractivity contribution in [3.8, 4) is 0 Å². The van der Waals surface area contributed by atoms with Crippen molar-refractivity contribution in [3.05, 3.63) is 79.0 Å². The molecule has 8 nitrogen and oxygen atoms in total. The largest absolute Gasteiger partial charge is 0.358 e. The number of benzene rings is 2. The molecule has 2 aliphatic rings. The van der Waals surface area contributed by atoms with Gasteiger partial charge in [0.05, 0.1) is 17.6 Å². The van der Waals surface area contributed by atoms with Gasteiger partial charge in [0.2, 0.25) is 5.91 Å². The van der Waals surface area contributed by atoms with E-state index in [2.05, 4.69) is 99.2 Å². The summed E-state index contributed by atoms with van der Waals surface area (Å²) in [7, 11) is 0. The fraction of sp³-hybridized carbons (Fsp3) is 0.400. The SMILES string of the molecule is CCN(CC)CCCNC(=O)c1c(C(C)C)[nH]c(C=C2C(=O)Nc3ccc(Br)cc32)c1C(C)C.O=C1Cc2cc(Br)ccc2N1. The van der Waals surface area contributed by atoms with Gasteiger partial charge in [0.15, 0.2) is 0 Å². The molecule has 0 aliphatic carbocycles. The minimum absolute atomic E-state index is 0.0492. The standard InChI is InChI=1S/C27H37BrN4O2.C8H6BrNO/c1-7-32(8-2)13-9-12-29-27(34)24-23(16(3)4)22(30-25(24)17(5)6)15-20-19-14-18(28)10-11-21(19)31-26(20)33;9-6-1-2-7-5(3-6)4-8(11)10-7/h10-11,14-17,30H,7-9,12-13H2,1-6H3,(H,29,34)(H,31,33);1-3H,4H2,(H,10,11). The van der Waals surface area contributed by atoms with Crippen LogP contribution in [0.3, 0.4) is 0 Å². The maximum Gasteiger partial charge on any atom is 0.256 e. The molecule has 2 aromatic carbocycles. The monoisotopic (exact) mass is 739 g/mol. The normalized spacial score (nSPS) is 14.4. The Morgan fingerprint density at radius 1 is 0.956 bits per heavy atom. The Balaban J connectivity index is 0.000000348. The zero-order valence-corrected chi connectivity index (χ0v) is 30.0. The average molecular weight is 742 g/mol. The molecule has 0 saturated heterocycles. The number of nitrogens with zero attached hydrogens (tertiary/aromatic N) is 1. The van der Waals surface area contributed by atoms with Crippen LogP contribution >= 0.6 is 31.9 Å². The lowest BCUT2D eigenvalue weighted by molar-refractivity contribution is -0.115. The highest BCUT2D eigenvalue weighted by Gasteiger charge is 2.29. The van der Waals surface area contributed by atoms with E-state index >= 15 is 0 Å². The topological polar surface area (TPSA) is 106 Å². The number of halogens is 2. The molecular weight excluding hydrogens is 698 g/mol. The molecule has 0 fully saturated rings. The summed E-state index contributed by atoms with van der Waals surface area (Å²) in [6.07, 6.45) is 3.31. The number of nitrogens with one attached hydrogen (secondary N) is 4. The molecule has 0 saturated carbocycles. The van der Waals surface area contributed by atoms with Gasteiger partial charge in [-0.2, -0.15) is 0 Å². The number of carbonyl (C=O) groups excluding carboxylic acids is 3. The van der Waals surface area contributed by atoms with E-state index in [0.717, 1.165) is 74.5 Å². The molecule has 240 valence electrons. The third kappa shape index (κ3) is 8.34. The lowest BCUT2D eigenvalue weighted by atomic mass is 9.93. The van der Waals surface area contributed by atoms with Gasteiger partial charge >= 0.3 is 0 Å². The van der Waals surface area contributed by atoms with E-state index < -0.39 is 0 Å². The minimum atomic E-state index is -0.133. The van der Waals surface area contributed by atoms with Crippen LogP contribution in [0.25, 0.3) is 11.6 Å². The third-order valence-corrected chi connectivity index (χ3v) is 9.04. The van der Waals surface area contributed by atoms with Crippen molar-refractivity contribution in [2.24, 2.45) is 0 Å². The van der Waals surface area contributed by atoms with Crippen molar-refractivity contribution in [3.63, 3.8) is 0 Å². The van der Waals surface area contributed by atoms with Gasteiger partial charge in [0, 0.05) is 43.8 Å². The van der Waals surface area contributed by atoms with Crippen molar-refractivity contribution in [2.45, 2.75) is 66.2 Å². The molecule has 0 atom stereocenters. The van der Waals surface area contributed by atoms with Crippen LogP contribution in [0.4, 0.5) is 11.4 Å². The number of fused-ring (bicyclic) bond motifs is 2. The van der Waals surface area contributed by atoms with E-state index in [1.54, 1.807) is 0 Å². The van der Waals surface area contributed by atoms with Gasteiger partial charge in [-0.25, -0.2) is 0 Å². The van der Waals surface area contributed by atoms with Gasteiger partial charge in [-0.3, -0.25) is 14.4 Å². The van der Waals surface area contributed by atoms with Crippen molar-refractivity contribution < 1.29 is 14.4 Å². The van der Waals surface area contributed by atoms with Crippen molar-refractivity contribution in [1.29, 1.82) is 0 Å². The van der Waals surface area contributed by atoms with Crippen LogP contribution in [-0.4, -0.2) is 53.8 Å². The molecule has 4 N–H and O–H groups in total. The maximum absolute atomic E-state index is 13.4. The second-order valence-corrected chi connectivity index (χ2v) is 13.7. The third-order valence-electron chi connectivity index (χ3n) is 8.06. The summed E-state index contributed by atoms with van der Waals surface area (Å²) in [5, 5.41) is 8.84. The minimum Gasteiger partial charge on any atom is -0.358 e. The van der Waals surface area contributed by atoms with Gasteiger partial charge < -0.3 is 25.8 Å². The number of aromatic nitrogens is 1. The molecule has 0 bridgehead atoms. The molecular formula is C35H43Br2N5O3. The first-order chi connectivity index (χ1) is 21.4. The number of aromatic amines is 1. The molecule has 3 amide bonds. The first-order valence-electron chi connectivity index (χ1n) is 15.6. The van der Waals surface area contributed by atoms with Gasteiger partial charge in [0.1, 0.15) is 0 Å². The highest BCUT2D eigenvalue weighted by atomic mass is 79.9. The number of H-pyrrole nitrogens is 1. The molecule has 3 aromatic rings.